The molecule has 0 radical (unpaired) electrons. The van der Waals surface area contributed by atoms with Crippen molar-refractivity contribution in [2.24, 2.45) is 4.99 Å². The van der Waals surface area contributed by atoms with E-state index in [4.69, 9.17) is 9.73 Å². The van der Waals surface area contributed by atoms with Gasteiger partial charge in [0.15, 0.2) is 5.96 Å². The van der Waals surface area contributed by atoms with Crippen molar-refractivity contribution in [2.45, 2.75) is 58.7 Å². The second-order valence-corrected chi connectivity index (χ2v) is 8.03. The van der Waals surface area contributed by atoms with Gasteiger partial charge in [-0.1, -0.05) is 24.3 Å². The fourth-order valence-electron chi connectivity index (χ4n) is 3.18. The van der Waals surface area contributed by atoms with Gasteiger partial charge in [-0.3, -0.25) is 4.90 Å². The Hall–Kier alpha value is -1.28. The number of para-hydroxylation sites is 1. The Morgan fingerprint density at radius 2 is 1.96 bits per heavy atom. The number of hydrogen-bond acceptors (Lipinski definition) is 3. The lowest BCUT2D eigenvalue weighted by Crippen LogP contribution is -2.48. The summed E-state index contributed by atoms with van der Waals surface area (Å²) in [5.41, 5.74) is 0.882. The Balaban J connectivity index is 0.00000392. The van der Waals surface area contributed by atoms with Crippen LogP contribution < -0.4 is 15.4 Å². The number of nitrogens with one attached hydrogen (secondary N) is 2. The van der Waals surface area contributed by atoms with Crippen LogP contribution in [0.15, 0.2) is 41.9 Å². The lowest BCUT2D eigenvalue weighted by molar-refractivity contribution is 0.129. The van der Waals surface area contributed by atoms with E-state index in [2.05, 4.69) is 55.9 Å². The molecule has 0 atom stereocenters. The number of aliphatic imine (C=N–C) groups is 1. The van der Waals surface area contributed by atoms with Gasteiger partial charge in [-0.2, -0.15) is 0 Å². The third kappa shape index (κ3) is 8.82. The van der Waals surface area contributed by atoms with Gasteiger partial charge in [-0.15, -0.1) is 30.6 Å². The molecule has 1 saturated heterocycles. The van der Waals surface area contributed by atoms with Gasteiger partial charge >= 0.3 is 0 Å². The number of halogens is 1. The Bertz CT molecular complexity index is 619. The first kappa shape index (κ1) is 24.8. The molecule has 2 rings (SSSR count). The first-order chi connectivity index (χ1) is 12.9. The van der Waals surface area contributed by atoms with E-state index in [9.17, 15) is 0 Å². The van der Waals surface area contributed by atoms with E-state index in [1.165, 1.54) is 0 Å². The number of likely N-dealkylation sites (tertiary alicyclic amines) is 1. The van der Waals surface area contributed by atoms with E-state index in [1.807, 2.05) is 24.3 Å². The van der Waals surface area contributed by atoms with Crippen LogP contribution in [0.2, 0.25) is 0 Å². The predicted molar refractivity (Wildman–Crippen MR) is 130 cm³/mol. The van der Waals surface area contributed by atoms with Crippen molar-refractivity contribution >= 4 is 29.9 Å². The number of rotatable bonds is 7. The quantitative estimate of drug-likeness (QED) is 0.255. The van der Waals surface area contributed by atoms with Crippen LogP contribution >= 0.6 is 24.0 Å². The van der Waals surface area contributed by atoms with Crippen molar-refractivity contribution < 1.29 is 4.74 Å². The highest BCUT2D eigenvalue weighted by Crippen LogP contribution is 2.23. The van der Waals surface area contributed by atoms with Crippen molar-refractivity contribution in [1.82, 2.24) is 15.5 Å². The molecule has 1 fully saturated rings. The lowest BCUT2D eigenvalue weighted by atomic mass is 10.1. The van der Waals surface area contributed by atoms with Crippen LogP contribution in [0.5, 0.6) is 5.75 Å². The maximum atomic E-state index is 6.09. The van der Waals surface area contributed by atoms with Crippen molar-refractivity contribution in [1.29, 1.82) is 0 Å². The van der Waals surface area contributed by atoms with Crippen LogP contribution in [0.25, 0.3) is 0 Å². The molecule has 1 aliphatic rings. The molecule has 1 aliphatic heterocycles. The summed E-state index contributed by atoms with van der Waals surface area (Å²) in [6.45, 7) is 16.8. The van der Waals surface area contributed by atoms with Crippen LogP contribution in [0, 0.1) is 0 Å². The van der Waals surface area contributed by atoms with Gasteiger partial charge in [0.2, 0.25) is 0 Å². The molecule has 1 heterocycles. The van der Waals surface area contributed by atoms with Gasteiger partial charge in [0, 0.05) is 37.8 Å². The minimum absolute atomic E-state index is 0. The topological polar surface area (TPSA) is 48.9 Å². The van der Waals surface area contributed by atoms with E-state index in [-0.39, 0.29) is 29.6 Å². The first-order valence-electron chi connectivity index (χ1n) is 10.1. The Morgan fingerprint density at radius 1 is 1.29 bits per heavy atom. The minimum atomic E-state index is -0.220. The largest absolute Gasteiger partial charge is 0.488 e. The zero-order valence-electron chi connectivity index (χ0n) is 17.8. The van der Waals surface area contributed by atoms with Crippen molar-refractivity contribution in [3.63, 3.8) is 0 Å². The number of guanidine groups is 1. The Kier molecular flexibility index (Phi) is 10.9. The summed E-state index contributed by atoms with van der Waals surface area (Å²) in [4.78, 5) is 7.25. The number of hydrogen-bond donors (Lipinski definition) is 2. The van der Waals surface area contributed by atoms with E-state index in [0.29, 0.717) is 12.6 Å². The normalized spacial score (nSPS) is 16.2. The lowest BCUT2D eigenvalue weighted by Gasteiger charge is -2.32. The second-order valence-electron chi connectivity index (χ2n) is 8.03. The molecule has 0 spiro atoms. The van der Waals surface area contributed by atoms with Crippen molar-refractivity contribution in [3.05, 3.63) is 42.5 Å². The summed E-state index contributed by atoms with van der Waals surface area (Å²) >= 11 is 0. The first-order valence-corrected chi connectivity index (χ1v) is 10.1. The molecule has 0 bridgehead atoms. The highest BCUT2D eigenvalue weighted by Gasteiger charge is 2.19. The third-order valence-corrected chi connectivity index (χ3v) is 4.46. The molecule has 158 valence electrons. The maximum absolute atomic E-state index is 6.09. The van der Waals surface area contributed by atoms with Crippen LogP contribution in [0.1, 0.15) is 46.1 Å². The van der Waals surface area contributed by atoms with Crippen molar-refractivity contribution in [2.75, 3.05) is 26.2 Å². The molecule has 1 aromatic rings. The molecule has 1 aromatic carbocycles. The van der Waals surface area contributed by atoms with Gasteiger partial charge in [-0.25, -0.2) is 4.99 Å². The Morgan fingerprint density at radius 3 is 2.57 bits per heavy atom. The van der Waals surface area contributed by atoms with E-state index >= 15 is 0 Å². The summed E-state index contributed by atoms with van der Waals surface area (Å²) in [6.07, 6.45) is 4.24. The fraction of sp³-hybridized carbons (Fsp3) is 0.591. The van der Waals surface area contributed by atoms with Crippen LogP contribution in [-0.2, 0) is 6.54 Å². The summed E-state index contributed by atoms with van der Waals surface area (Å²) in [7, 11) is 0. The van der Waals surface area contributed by atoms with Gasteiger partial charge in [0.25, 0.3) is 0 Å². The second kappa shape index (κ2) is 12.3. The molecular formula is C22H37IN4O. The molecular weight excluding hydrogens is 463 g/mol. The van der Waals surface area contributed by atoms with Gasteiger partial charge in [-0.05, 0) is 46.6 Å². The van der Waals surface area contributed by atoms with Gasteiger partial charge in [0.05, 0.1) is 6.54 Å². The molecule has 0 aliphatic carbocycles. The molecule has 0 amide bonds. The molecule has 6 heteroatoms. The summed E-state index contributed by atoms with van der Waals surface area (Å²) in [5, 5.41) is 6.98. The van der Waals surface area contributed by atoms with Crippen LogP contribution in [0.4, 0.5) is 0 Å². The summed E-state index contributed by atoms with van der Waals surface area (Å²) in [5.74, 6) is 1.78. The van der Waals surface area contributed by atoms with E-state index < -0.39 is 0 Å². The molecule has 0 saturated carbocycles. The SMILES string of the molecule is C=CCN1CCC(NC(=NCc2ccccc2OC(C)(C)C)NCC)CC1.I. The summed E-state index contributed by atoms with van der Waals surface area (Å²) < 4.78 is 6.09. The number of ether oxygens (including phenoxy) is 1. The molecule has 5 nitrogen and oxygen atoms in total. The maximum Gasteiger partial charge on any atom is 0.191 e. The van der Waals surface area contributed by atoms with E-state index in [0.717, 1.165) is 56.3 Å². The monoisotopic (exact) mass is 500 g/mol. The average Bonchev–Trinajstić information content (AvgIpc) is 2.61. The average molecular weight is 500 g/mol. The third-order valence-electron chi connectivity index (χ3n) is 4.46. The molecule has 2 N–H and O–H groups in total. The van der Waals surface area contributed by atoms with Crippen LogP contribution in [0.3, 0.4) is 0 Å². The number of piperidine rings is 1. The smallest absolute Gasteiger partial charge is 0.191 e. The zero-order valence-corrected chi connectivity index (χ0v) is 20.2. The van der Waals surface area contributed by atoms with E-state index in [1.54, 1.807) is 0 Å². The van der Waals surface area contributed by atoms with Crippen LogP contribution in [-0.4, -0.2) is 48.7 Å². The van der Waals surface area contributed by atoms with Gasteiger partial charge in [0.1, 0.15) is 11.4 Å². The highest BCUT2D eigenvalue weighted by atomic mass is 127. The summed E-state index contributed by atoms with van der Waals surface area (Å²) in [6, 6.07) is 8.61. The highest BCUT2D eigenvalue weighted by molar-refractivity contribution is 14.0. The minimum Gasteiger partial charge on any atom is -0.488 e. The zero-order chi connectivity index (χ0) is 19.7. The molecule has 0 aromatic heterocycles. The Labute approximate surface area is 188 Å². The number of benzene rings is 1. The van der Waals surface area contributed by atoms with Gasteiger partial charge < -0.3 is 15.4 Å². The van der Waals surface area contributed by atoms with Crippen molar-refractivity contribution in [3.8, 4) is 5.75 Å². The number of nitrogens with zero attached hydrogens (tertiary/aromatic N) is 2. The standard InChI is InChI=1S/C22H36N4O.HI/c1-6-14-26-15-12-19(13-16-26)25-21(23-7-2)24-17-18-10-8-9-11-20(18)27-22(3,4)5;/h6,8-11,19H,1,7,12-17H2,2-5H3,(H2,23,24,25);1H. The predicted octanol–water partition coefficient (Wildman–Crippen LogP) is 4.19. The fourth-order valence-corrected chi connectivity index (χ4v) is 3.18. The molecule has 28 heavy (non-hydrogen) atoms. The molecule has 0 unspecified atom stereocenters.